The van der Waals surface area contributed by atoms with Gasteiger partial charge in [0, 0.05) is 11.4 Å². The number of Topliss-reactive ketones (excluding diaryl/α,β-unsaturated/α-hetero) is 1. The van der Waals surface area contributed by atoms with Crippen LogP contribution in [0.4, 0.5) is 0 Å². The second kappa shape index (κ2) is 7.38. The average Bonchev–Trinajstić information content (AvgIpc) is 2.47. The van der Waals surface area contributed by atoms with Crippen LogP contribution in [-0.4, -0.2) is 15.8 Å². The lowest BCUT2D eigenvalue weighted by atomic mass is 9.93. The van der Waals surface area contributed by atoms with E-state index in [4.69, 9.17) is 11.6 Å². The smallest absolute Gasteiger partial charge is 0.258 e. The molecule has 0 radical (unpaired) electrons. The zero-order valence-electron chi connectivity index (χ0n) is 13.1. The highest BCUT2D eigenvalue weighted by atomic mass is 35.5. The van der Waals surface area contributed by atoms with Crippen LogP contribution >= 0.6 is 11.6 Å². The van der Waals surface area contributed by atoms with Crippen molar-refractivity contribution in [2.75, 3.05) is 0 Å². The molecule has 1 aromatic carbocycles. The van der Waals surface area contributed by atoms with E-state index in [-0.39, 0.29) is 23.1 Å². The summed E-state index contributed by atoms with van der Waals surface area (Å²) in [5, 5.41) is 10.2. The standard InChI is InChI=1S/C17H18ClN3O2/c1-3-4-10(2)7-15(22)13(9-19)16-20-14-8-11(18)5-6-12(14)17(23)21-16/h5-6,8,10,13H,3-4,7H2,1-2H3,(H,20,21,23)/t10-,13+/m0/s1. The summed E-state index contributed by atoms with van der Waals surface area (Å²) in [4.78, 5) is 31.3. The Morgan fingerprint density at radius 3 is 2.87 bits per heavy atom. The fourth-order valence-corrected chi connectivity index (χ4v) is 2.78. The molecule has 0 aliphatic carbocycles. The lowest BCUT2D eigenvalue weighted by Gasteiger charge is -2.12. The van der Waals surface area contributed by atoms with E-state index in [1.165, 1.54) is 0 Å². The molecule has 2 atom stereocenters. The number of aromatic amines is 1. The Morgan fingerprint density at radius 1 is 1.48 bits per heavy atom. The Labute approximate surface area is 139 Å². The van der Waals surface area contributed by atoms with E-state index in [1.807, 2.05) is 13.0 Å². The van der Waals surface area contributed by atoms with Crippen LogP contribution in [0.25, 0.3) is 10.9 Å². The van der Waals surface area contributed by atoms with Gasteiger partial charge >= 0.3 is 0 Å². The number of H-pyrrole nitrogens is 1. The van der Waals surface area contributed by atoms with Crippen molar-refractivity contribution in [1.82, 2.24) is 9.97 Å². The molecule has 0 unspecified atom stereocenters. The van der Waals surface area contributed by atoms with Crippen molar-refractivity contribution < 1.29 is 4.79 Å². The number of hydrogen-bond donors (Lipinski definition) is 1. The molecule has 2 rings (SSSR count). The van der Waals surface area contributed by atoms with Gasteiger partial charge in [-0.2, -0.15) is 5.26 Å². The third-order valence-corrected chi connectivity index (χ3v) is 3.98. The summed E-state index contributed by atoms with van der Waals surface area (Å²) >= 11 is 5.92. The molecule has 0 spiro atoms. The van der Waals surface area contributed by atoms with Crippen LogP contribution in [0.5, 0.6) is 0 Å². The Kier molecular flexibility index (Phi) is 5.51. The second-order valence-electron chi connectivity index (χ2n) is 5.74. The fourth-order valence-electron chi connectivity index (χ4n) is 2.61. The number of hydrogen-bond acceptors (Lipinski definition) is 4. The lowest BCUT2D eigenvalue weighted by molar-refractivity contribution is -0.120. The zero-order chi connectivity index (χ0) is 17.0. The maximum atomic E-state index is 12.4. The van der Waals surface area contributed by atoms with E-state index in [2.05, 4.69) is 16.9 Å². The summed E-state index contributed by atoms with van der Waals surface area (Å²) in [7, 11) is 0. The van der Waals surface area contributed by atoms with Gasteiger partial charge in [0.1, 0.15) is 5.82 Å². The molecule has 2 aromatic rings. The molecular formula is C17H18ClN3O2. The molecule has 6 heteroatoms. The van der Waals surface area contributed by atoms with Crippen molar-refractivity contribution in [2.45, 2.75) is 39.0 Å². The molecular weight excluding hydrogens is 314 g/mol. The monoisotopic (exact) mass is 331 g/mol. The van der Waals surface area contributed by atoms with E-state index >= 15 is 0 Å². The van der Waals surface area contributed by atoms with Gasteiger partial charge < -0.3 is 4.98 Å². The van der Waals surface area contributed by atoms with Crippen LogP contribution in [-0.2, 0) is 4.79 Å². The summed E-state index contributed by atoms with van der Waals surface area (Å²) in [5.41, 5.74) is 0.00206. The highest BCUT2D eigenvalue weighted by molar-refractivity contribution is 6.31. The number of nitrogens with one attached hydrogen (secondary N) is 1. The number of carbonyl (C=O) groups is 1. The summed E-state index contributed by atoms with van der Waals surface area (Å²) in [6.45, 7) is 4.03. The fraction of sp³-hybridized carbons (Fsp3) is 0.412. The van der Waals surface area contributed by atoms with Gasteiger partial charge in [-0.3, -0.25) is 9.59 Å². The summed E-state index contributed by atoms with van der Waals surface area (Å²) < 4.78 is 0. The molecule has 0 fully saturated rings. The van der Waals surface area contributed by atoms with Crippen LogP contribution in [0.2, 0.25) is 5.02 Å². The first-order valence-corrected chi connectivity index (χ1v) is 7.95. The molecule has 0 aliphatic rings. The van der Waals surface area contributed by atoms with Crippen LogP contribution in [0.15, 0.2) is 23.0 Å². The van der Waals surface area contributed by atoms with Crippen LogP contribution in [0.1, 0.15) is 44.9 Å². The Hall–Kier alpha value is -2.19. The van der Waals surface area contributed by atoms with E-state index < -0.39 is 5.92 Å². The average molecular weight is 332 g/mol. The number of halogens is 1. The van der Waals surface area contributed by atoms with Gasteiger partial charge in [-0.1, -0.05) is 38.3 Å². The largest absolute Gasteiger partial charge is 0.308 e. The summed E-state index contributed by atoms with van der Waals surface area (Å²) in [6.07, 6.45) is 2.19. The van der Waals surface area contributed by atoms with E-state index in [0.29, 0.717) is 22.3 Å². The van der Waals surface area contributed by atoms with Crippen molar-refractivity contribution >= 4 is 28.3 Å². The number of rotatable bonds is 6. The first-order valence-electron chi connectivity index (χ1n) is 7.58. The van der Waals surface area contributed by atoms with Gasteiger partial charge in [0.2, 0.25) is 0 Å². The Morgan fingerprint density at radius 2 is 2.22 bits per heavy atom. The van der Waals surface area contributed by atoms with Crippen molar-refractivity contribution in [3.8, 4) is 6.07 Å². The van der Waals surface area contributed by atoms with Crippen LogP contribution < -0.4 is 5.56 Å². The lowest BCUT2D eigenvalue weighted by Crippen LogP contribution is -2.21. The molecule has 0 amide bonds. The van der Waals surface area contributed by atoms with Crippen molar-refractivity contribution in [3.63, 3.8) is 0 Å². The maximum absolute atomic E-state index is 12.4. The van der Waals surface area contributed by atoms with Gasteiger partial charge in [-0.05, 0) is 24.1 Å². The van der Waals surface area contributed by atoms with E-state index in [9.17, 15) is 14.9 Å². The quantitative estimate of drug-likeness (QED) is 0.876. The van der Waals surface area contributed by atoms with Gasteiger partial charge in [0.15, 0.2) is 11.7 Å². The summed E-state index contributed by atoms with van der Waals surface area (Å²) in [5.74, 6) is -1.01. The number of benzene rings is 1. The Bertz CT molecular complexity index is 823. The number of nitrogens with zero attached hydrogens (tertiary/aromatic N) is 2. The molecule has 23 heavy (non-hydrogen) atoms. The minimum absolute atomic E-state index is 0.0842. The third-order valence-electron chi connectivity index (χ3n) is 3.74. The SMILES string of the molecule is CCC[C@H](C)CC(=O)[C@@H](C#N)c1nc2cc(Cl)ccc2c(=O)[nH]1. The predicted octanol–water partition coefficient (Wildman–Crippen LogP) is 3.58. The third kappa shape index (κ3) is 3.96. The van der Waals surface area contributed by atoms with E-state index in [0.717, 1.165) is 12.8 Å². The molecule has 120 valence electrons. The van der Waals surface area contributed by atoms with Crippen molar-refractivity contribution in [3.05, 3.63) is 39.4 Å². The highest BCUT2D eigenvalue weighted by Gasteiger charge is 2.24. The van der Waals surface area contributed by atoms with E-state index in [1.54, 1.807) is 18.2 Å². The van der Waals surface area contributed by atoms with Gasteiger partial charge in [-0.15, -0.1) is 0 Å². The zero-order valence-corrected chi connectivity index (χ0v) is 13.9. The van der Waals surface area contributed by atoms with Gasteiger partial charge in [-0.25, -0.2) is 4.98 Å². The maximum Gasteiger partial charge on any atom is 0.258 e. The topological polar surface area (TPSA) is 86.6 Å². The molecule has 1 aromatic heterocycles. The van der Waals surface area contributed by atoms with Crippen molar-refractivity contribution in [1.29, 1.82) is 5.26 Å². The molecule has 0 aliphatic heterocycles. The normalized spacial score (nSPS) is 13.5. The van der Waals surface area contributed by atoms with Gasteiger partial charge in [0.25, 0.3) is 5.56 Å². The number of nitriles is 1. The van der Waals surface area contributed by atoms with Crippen LogP contribution in [0, 0.1) is 17.2 Å². The number of carbonyl (C=O) groups excluding carboxylic acids is 1. The highest BCUT2D eigenvalue weighted by Crippen LogP contribution is 2.21. The minimum Gasteiger partial charge on any atom is -0.308 e. The molecule has 0 saturated heterocycles. The molecule has 1 heterocycles. The molecule has 5 nitrogen and oxygen atoms in total. The van der Waals surface area contributed by atoms with Gasteiger partial charge in [0.05, 0.1) is 17.0 Å². The Balaban J connectivity index is 2.38. The molecule has 1 N–H and O–H groups in total. The first-order chi connectivity index (χ1) is 11.0. The first kappa shape index (κ1) is 17.2. The minimum atomic E-state index is -1.06. The molecule has 0 bridgehead atoms. The predicted molar refractivity (Wildman–Crippen MR) is 89.4 cm³/mol. The second-order valence-corrected chi connectivity index (χ2v) is 6.18. The molecule has 0 saturated carbocycles. The number of ketones is 1. The summed E-state index contributed by atoms with van der Waals surface area (Å²) in [6, 6.07) is 6.67. The van der Waals surface area contributed by atoms with Crippen LogP contribution in [0.3, 0.4) is 0 Å². The van der Waals surface area contributed by atoms with Crippen molar-refractivity contribution in [2.24, 2.45) is 5.92 Å². The number of aromatic nitrogens is 2. The number of fused-ring (bicyclic) bond motifs is 1.